The number of ether oxygens (including phenoxy) is 1. The topological polar surface area (TPSA) is 36.9 Å². The smallest absolute Gasteiger partial charge is 0.193 e. The molecule has 0 spiro atoms. The molecule has 5 heteroatoms. The second kappa shape index (κ2) is 10.8. The fraction of sp³-hybridized carbons (Fsp3) is 0.450. The molecule has 4 nitrogen and oxygen atoms in total. The van der Waals surface area contributed by atoms with E-state index in [4.69, 9.17) is 9.73 Å². The van der Waals surface area contributed by atoms with Crippen LogP contribution in [0, 0.1) is 0 Å². The summed E-state index contributed by atoms with van der Waals surface area (Å²) in [6.07, 6.45) is 3.10. The Morgan fingerprint density at radius 2 is 2.12 bits per heavy atom. The number of nitrogens with zero attached hydrogens (tertiary/aromatic N) is 2. The van der Waals surface area contributed by atoms with Crippen molar-refractivity contribution < 1.29 is 4.74 Å². The van der Waals surface area contributed by atoms with Crippen molar-refractivity contribution in [2.24, 2.45) is 4.99 Å². The van der Waals surface area contributed by atoms with Crippen LogP contribution in [-0.4, -0.2) is 44.7 Å². The van der Waals surface area contributed by atoms with Crippen LogP contribution in [0.1, 0.15) is 23.8 Å². The lowest BCUT2D eigenvalue weighted by atomic mass is 10.1. The third-order valence-corrected chi connectivity index (χ3v) is 4.93. The Labute approximate surface area is 155 Å². The molecule has 2 aromatic rings. The Morgan fingerprint density at radius 1 is 1.24 bits per heavy atom. The number of thiophene rings is 1. The number of aliphatic imine (C=N–C) groups is 1. The fourth-order valence-electron chi connectivity index (χ4n) is 2.60. The Morgan fingerprint density at radius 3 is 2.84 bits per heavy atom. The first kappa shape index (κ1) is 19.3. The van der Waals surface area contributed by atoms with Gasteiger partial charge in [0.15, 0.2) is 5.96 Å². The van der Waals surface area contributed by atoms with Crippen LogP contribution in [0.4, 0.5) is 0 Å². The highest BCUT2D eigenvalue weighted by atomic mass is 32.1. The summed E-state index contributed by atoms with van der Waals surface area (Å²) in [5, 5.41) is 5.52. The summed E-state index contributed by atoms with van der Waals surface area (Å²) < 4.78 is 5.28. The van der Waals surface area contributed by atoms with Gasteiger partial charge in [0.25, 0.3) is 0 Å². The summed E-state index contributed by atoms with van der Waals surface area (Å²) in [6, 6.07) is 12.6. The number of rotatable bonds is 9. The van der Waals surface area contributed by atoms with Gasteiger partial charge in [0.05, 0.1) is 7.11 Å². The van der Waals surface area contributed by atoms with Gasteiger partial charge in [-0.2, -0.15) is 0 Å². The molecule has 0 aliphatic heterocycles. The maximum atomic E-state index is 5.28. The Bertz CT molecular complexity index is 640. The van der Waals surface area contributed by atoms with Crippen molar-refractivity contribution in [2.45, 2.75) is 26.2 Å². The number of methoxy groups -OCH3 is 1. The lowest BCUT2D eigenvalue weighted by Crippen LogP contribution is -2.40. The number of aryl methyl sites for hydroxylation is 1. The van der Waals surface area contributed by atoms with Crippen LogP contribution in [0.25, 0.3) is 0 Å². The molecule has 0 atom stereocenters. The molecule has 1 aromatic heterocycles. The zero-order valence-corrected chi connectivity index (χ0v) is 16.3. The van der Waals surface area contributed by atoms with E-state index in [9.17, 15) is 0 Å². The first-order valence-corrected chi connectivity index (χ1v) is 9.75. The molecule has 0 aliphatic carbocycles. The van der Waals surface area contributed by atoms with Crippen LogP contribution in [0.15, 0.2) is 46.8 Å². The molecule has 136 valence electrons. The van der Waals surface area contributed by atoms with Crippen LogP contribution < -0.4 is 10.1 Å². The Hall–Kier alpha value is -2.01. The first-order valence-electron chi connectivity index (χ1n) is 8.87. The molecule has 0 saturated carbocycles. The van der Waals surface area contributed by atoms with E-state index in [1.807, 2.05) is 23.5 Å². The molecular formula is C20H29N3OS. The van der Waals surface area contributed by atoms with Crippen molar-refractivity contribution in [3.8, 4) is 5.75 Å². The maximum Gasteiger partial charge on any atom is 0.193 e. The zero-order valence-electron chi connectivity index (χ0n) is 15.5. The van der Waals surface area contributed by atoms with E-state index in [0.29, 0.717) is 0 Å². The molecular weight excluding hydrogens is 330 g/mol. The van der Waals surface area contributed by atoms with Crippen molar-refractivity contribution in [1.82, 2.24) is 10.2 Å². The highest BCUT2D eigenvalue weighted by molar-refractivity contribution is 7.09. The Kier molecular flexibility index (Phi) is 8.32. The normalized spacial score (nSPS) is 11.4. The minimum absolute atomic E-state index is 0.822. The lowest BCUT2D eigenvalue weighted by molar-refractivity contribution is 0.414. The van der Waals surface area contributed by atoms with E-state index in [0.717, 1.165) is 50.6 Å². The van der Waals surface area contributed by atoms with E-state index in [-0.39, 0.29) is 0 Å². The monoisotopic (exact) mass is 359 g/mol. The SMILES string of the molecule is CCNC(=NCCCc1cccc(OC)c1)N(C)CCc1cccs1. The van der Waals surface area contributed by atoms with Crippen LogP contribution in [-0.2, 0) is 12.8 Å². The van der Waals surface area contributed by atoms with Gasteiger partial charge in [-0.15, -0.1) is 11.3 Å². The van der Waals surface area contributed by atoms with Crippen molar-refractivity contribution in [1.29, 1.82) is 0 Å². The summed E-state index contributed by atoms with van der Waals surface area (Å²) in [6.45, 7) is 4.79. The Balaban J connectivity index is 1.81. The quantitative estimate of drug-likeness (QED) is 0.420. The van der Waals surface area contributed by atoms with Crippen LogP contribution >= 0.6 is 11.3 Å². The summed E-state index contributed by atoms with van der Waals surface area (Å²) in [7, 11) is 3.81. The van der Waals surface area contributed by atoms with Gasteiger partial charge < -0.3 is 15.0 Å². The molecule has 2 rings (SSSR count). The highest BCUT2D eigenvalue weighted by Gasteiger charge is 2.06. The lowest BCUT2D eigenvalue weighted by Gasteiger charge is -2.21. The maximum absolute atomic E-state index is 5.28. The van der Waals surface area contributed by atoms with Gasteiger partial charge >= 0.3 is 0 Å². The van der Waals surface area contributed by atoms with Crippen molar-refractivity contribution in [3.05, 3.63) is 52.2 Å². The molecule has 0 amide bonds. The second-order valence-corrected chi connectivity index (χ2v) is 6.97. The van der Waals surface area contributed by atoms with Crippen LogP contribution in [0.3, 0.4) is 0 Å². The average molecular weight is 360 g/mol. The van der Waals surface area contributed by atoms with E-state index in [1.165, 1.54) is 10.4 Å². The summed E-state index contributed by atoms with van der Waals surface area (Å²) in [4.78, 5) is 8.41. The van der Waals surface area contributed by atoms with Gasteiger partial charge in [-0.25, -0.2) is 0 Å². The fourth-order valence-corrected chi connectivity index (χ4v) is 3.30. The van der Waals surface area contributed by atoms with Gasteiger partial charge in [0, 0.05) is 31.6 Å². The number of likely N-dealkylation sites (N-methyl/N-ethyl adjacent to an activating group) is 1. The number of guanidine groups is 1. The molecule has 0 radical (unpaired) electrons. The van der Waals surface area contributed by atoms with Gasteiger partial charge in [0.1, 0.15) is 5.75 Å². The van der Waals surface area contributed by atoms with E-state index in [2.05, 4.69) is 53.8 Å². The molecule has 1 aromatic carbocycles. The number of nitrogens with one attached hydrogen (secondary N) is 1. The van der Waals surface area contributed by atoms with Gasteiger partial charge in [-0.1, -0.05) is 18.2 Å². The van der Waals surface area contributed by atoms with E-state index >= 15 is 0 Å². The van der Waals surface area contributed by atoms with E-state index in [1.54, 1.807) is 7.11 Å². The molecule has 0 saturated heterocycles. The third kappa shape index (κ3) is 6.78. The summed E-state index contributed by atoms with van der Waals surface area (Å²) in [5.74, 6) is 1.91. The number of hydrogen-bond acceptors (Lipinski definition) is 3. The molecule has 0 fully saturated rings. The van der Waals surface area contributed by atoms with Crippen molar-refractivity contribution in [3.63, 3.8) is 0 Å². The third-order valence-electron chi connectivity index (χ3n) is 3.99. The van der Waals surface area contributed by atoms with Crippen molar-refractivity contribution in [2.75, 3.05) is 33.8 Å². The van der Waals surface area contributed by atoms with Gasteiger partial charge in [-0.3, -0.25) is 4.99 Å². The molecule has 0 bridgehead atoms. The minimum atomic E-state index is 0.822. The van der Waals surface area contributed by atoms with Gasteiger partial charge in [0.2, 0.25) is 0 Å². The zero-order chi connectivity index (χ0) is 17.9. The molecule has 25 heavy (non-hydrogen) atoms. The molecule has 1 N–H and O–H groups in total. The molecule has 0 unspecified atom stereocenters. The number of hydrogen-bond donors (Lipinski definition) is 1. The van der Waals surface area contributed by atoms with E-state index < -0.39 is 0 Å². The largest absolute Gasteiger partial charge is 0.497 e. The summed E-state index contributed by atoms with van der Waals surface area (Å²) in [5.41, 5.74) is 1.30. The summed E-state index contributed by atoms with van der Waals surface area (Å²) >= 11 is 1.81. The van der Waals surface area contributed by atoms with Crippen molar-refractivity contribution >= 4 is 17.3 Å². The van der Waals surface area contributed by atoms with Gasteiger partial charge in [-0.05, 0) is 55.3 Å². The predicted molar refractivity (Wildman–Crippen MR) is 108 cm³/mol. The standard InChI is InChI=1S/C20H29N3OS/c1-4-21-20(23(2)14-12-19-11-7-15-25-19)22-13-6-9-17-8-5-10-18(16-17)24-3/h5,7-8,10-11,15-16H,4,6,9,12-14H2,1-3H3,(H,21,22). The molecule has 1 heterocycles. The van der Waals surface area contributed by atoms with Crippen LogP contribution in [0.5, 0.6) is 5.75 Å². The van der Waals surface area contributed by atoms with Crippen LogP contribution in [0.2, 0.25) is 0 Å². The first-order chi connectivity index (χ1) is 12.2. The highest BCUT2D eigenvalue weighted by Crippen LogP contribution is 2.14. The molecule has 0 aliphatic rings. The second-order valence-electron chi connectivity index (χ2n) is 5.94. The average Bonchev–Trinajstić information content (AvgIpc) is 3.16. The predicted octanol–water partition coefficient (Wildman–Crippen LogP) is 3.83. The number of benzene rings is 1. The minimum Gasteiger partial charge on any atom is -0.497 e.